The van der Waals surface area contributed by atoms with E-state index in [-0.39, 0.29) is 28.8 Å². The molecule has 216 valence electrons. The Labute approximate surface area is 239 Å². The maximum absolute atomic E-state index is 14.0. The van der Waals surface area contributed by atoms with Gasteiger partial charge in [0, 0.05) is 24.0 Å². The molecular formula is C31H27F3N4O4. The van der Waals surface area contributed by atoms with Gasteiger partial charge < -0.3 is 19.9 Å². The van der Waals surface area contributed by atoms with Crippen molar-refractivity contribution in [3.63, 3.8) is 0 Å². The van der Waals surface area contributed by atoms with Crippen molar-refractivity contribution in [3.05, 3.63) is 94.1 Å². The van der Waals surface area contributed by atoms with Gasteiger partial charge in [-0.2, -0.15) is 5.10 Å². The molecule has 2 aromatic heterocycles. The maximum atomic E-state index is 14.0. The molecule has 0 spiro atoms. The highest BCUT2D eigenvalue weighted by atomic mass is 19.3. The molecule has 3 heterocycles. The number of anilines is 1. The van der Waals surface area contributed by atoms with Crippen LogP contribution in [0, 0.1) is 18.7 Å². The molecule has 0 atom stereocenters. The molecule has 0 amide bonds. The van der Waals surface area contributed by atoms with Gasteiger partial charge in [-0.3, -0.25) is 4.79 Å². The molecule has 0 radical (unpaired) electrons. The van der Waals surface area contributed by atoms with E-state index in [0.29, 0.717) is 54.5 Å². The standard InChI is InChI=1S/C31H27F3N4O4/c1-17-6-29(42-26-5-3-2-4-24(26)32)36-13-25(17)38-31(35)23(12-37-38)30(39)22-9-19-8-21(7-18-14-40-15-18)27(11-20(19)10-22)41-16-28(33)34/h2-6,8,10-13,18,28H,7,9,14-16,35H2,1H3. The Morgan fingerprint density at radius 3 is 2.69 bits per heavy atom. The highest BCUT2D eigenvalue weighted by Gasteiger charge is 2.27. The second kappa shape index (κ2) is 11.3. The monoisotopic (exact) mass is 576 g/mol. The van der Waals surface area contributed by atoms with Gasteiger partial charge in [0.2, 0.25) is 5.88 Å². The molecular weight excluding hydrogens is 549 g/mol. The number of ketones is 1. The van der Waals surface area contributed by atoms with Gasteiger partial charge in [-0.1, -0.05) is 18.2 Å². The summed E-state index contributed by atoms with van der Waals surface area (Å²) < 4.78 is 57.4. The Balaban J connectivity index is 1.22. The van der Waals surface area contributed by atoms with Crippen LogP contribution in [-0.2, 0) is 17.6 Å². The smallest absolute Gasteiger partial charge is 0.272 e. The number of ether oxygens (including phenoxy) is 3. The molecule has 2 aromatic carbocycles. The zero-order valence-electron chi connectivity index (χ0n) is 22.6. The summed E-state index contributed by atoms with van der Waals surface area (Å²) in [6.45, 7) is 2.33. The minimum Gasteiger partial charge on any atom is -0.487 e. The summed E-state index contributed by atoms with van der Waals surface area (Å²) in [6.07, 6.45) is 3.05. The van der Waals surface area contributed by atoms with Crippen LogP contribution in [0.1, 0.15) is 32.6 Å². The quantitative estimate of drug-likeness (QED) is 0.240. The lowest BCUT2D eigenvalue weighted by molar-refractivity contribution is -0.0315. The number of carbonyl (C=O) groups is 1. The van der Waals surface area contributed by atoms with E-state index in [9.17, 15) is 18.0 Å². The molecule has 1 saturated heterocycles. The number of nitrogen functional groups attached to an aromatic ring is 1. The number of aryl methyl sites for hydroxylation is 1. The molecule has 42 heavy (non-hydrogen) atoms. The summed E-state index contributed by atoms with van der Waals surface area (Å²) in [4.78, 5) is 17.8. The number of allylic oxidation sites excluding steroid dienone is 1. The number of aromatic nitrogens is 3. The van der Waals surface area contributed by atoms with Crippen LogP contribution in [0.5, 0.6) is 17.4 Å². The SMILES string of the molecule is Cc1cc(Oc2ccccc2F)ncc1-n1ncc(C(=O)C2=Cc3cc(OCC(F)F)c(CC4COC4)cc3C2)c1N. The number of alkyl halides is 2. The number of para-hydroxylation sites is 1. The van der Waals surface area contributed by atoms with E-state index in [0.717, 1.165) is 16.7 Å². The first-order valence-corrected chi connectivity index (χ1v) is 13.4. The van der Waals surface area contributed by atoms with E-state index in [1.165, 1.54) is 29.2 Å². The summed E-state index contributed by atoms with van der Waals surface area (Å²) in [5.41, 5.74) is 10.8. The molecule has 1 fully saturated rings. The van der Waals surface area contributed by atoms with E-state index in [2.05, 4.69) is 10.1 Å². The summed E-state index contributed by atoms with van der Waals surface area (Å²) in [5, 5.41) is 4.33. The number of hydrogen-bond donors (Lipinski definition) is 1. The van der Waals surface area contributed by atoms with Crippen molar-refractivity contribution >= 4 is 17.7 Å². The highest BCUT2D eigenvalue weighted by molar-refractivity contribution is 6.15. The predicted molar refractivity (Wildman–Crippen MR) is 149 cm³/mol. The number of rotatable bonds is 10. The van der Waals surface area contributed by atoms with E-state index in [1.807, 2.05) is 6.07 Å². The minimum atomic E-state index is -2.60. The van der Waals surface area contributed by atoms with Gasteiger partial charge in [0.05, 0.1) is 36.9 Å². The average Bonchev–Trinajstić information content (AvgIpc) is 3.53. The number of hydrogen-bond acceptors (Lipinski definition) is 7. The van der Waals surface area contributed by atoms with Crippen LogP contribution >= 0.6 is 0 Å². The summed E-state index contributed by atoms with van der Waals surface area (Å²) in [6, 6.07) is 11.3. The number of carbonyl (C=O) groups excluding carboxylic acids is 1. The van der Waals surface area contributed by atoms with E-state index in [4.69, 9.17) is 19.9 Å². The molecule has 4 aromatic rings. The first-order chi connectivity index (χ1) is 20.3. The van der Waals surface area contributed by atoms with Crippen LogP contribution in [0.15, 0.2) is 60.4 Å². The molecule has 2 aliphatic rings. The molecule has 1 aliphatic heterocycles. The third-order valence-corrected chi connectivity index (χ3v) is 7.29. The molecule has 8 nitrogen and oxygen atoms in total. The number of benzene rings is 2. The van der Waals surface area contributed by atoms with Crippen LogP contribution in [0.4, 0.5) is 19.0 Å². The fraction of sp³-hybridized carbons (Fsp3) is 0.258. The van der Waals surface area contributed by atoms with Crippen LogP contribution in [-0.4, -0.2) is 46.8 Å². The second-order valence-corrected chi connectivity index (χ2v) is 10.3. The normalized spacial score (nSPS) is 14.5. The molecule has 0 saturated carbocycles. The lowest BCUT2D eigenvalue weighted by Crippen LogP contribution is -2.29. The van der Waals surface area contributed by atoms with Gasteiger partial charge in [-0.15, -0.1) is 0 Å². The van der Waals surface area contributed by atoms with Crippen molar-refractivity contribution in [2.45, 2.75) is 26.2 Å². The van der Waals surface area contributed by atoms with Crippen LogP contribution in [0.25, 0.3) is 11.8 Å². The topological polar surface area (TPSA) is 101 Å². The van der Waals surface area contributed by atoms with E-state index >= 15 is 0 Å². The van der Waals surface area contributed by atoms with Crippen molar-refractivity contribution in [1.29, 1.82) is 0 Å². The zero-order chi connectivity index (χ0) is 29.4. The number of Topliss-reactive ketones (excluding diaryl/α,β-unsaturated/α-hetero) is 1. The van der Waals surface area contributed by atoms with Crippen molar-refractivity contribution in [2.24, 2.45) is 5.92 Å². The number of pyridine rings is 1. The number of nitrogens with zero attached hydrogens (tertiary/aromatic N) is 3. The fourth-order valence-electron chi connectivity index (χ4n) is 5.07. The van der Waals surface area contributed by atoms with Gasteiger partial charge in [-0.05, 0) is 59.9 Å². The average molecular weight is 577 g/mol. The van der Waals surface area contributed by atoms with Crippen LogP contribution in [0.3, 0.4) is 0 Å². The van der Waals surface area contributed by atoms with Crippen molar-refractivity contribution in [2.75, 3.05) is 25.6 Å². The molecule has 2 N–H and O–H groups in total. The van der Waals surface area contributed by atoms with E-state index in [1.54, 1.807) is 37.3 Å². The predicted octanol–water partition coefficient (Wildman–Crippen LogP) is 5.74. The summed E-state index contributed by atoms with van der Waals surface area (Å²) in [7, 11) is 0. The third-order valence-electron chi connectivity index (χ3n) is 7.29. The first-order valence-electron chi connectivity index (χ1n) is 13.4. The summed E-state index contributed by atoms with van der Waals surface area (Å²) >= 11 is 0. The van der Waals surface area contributed by atoms with Gasteiger partial charge in [-0.25, -0.2) is 22.8 Å². The Bertz CT molecular complexity index is 1700. The molecule has 1 aliphatic carbocycles. The first kappa shape index (κ1) is 27.5. The Morgan fingerprint density at radius 2 is 1.98 bits per heavy atom. The number of halogens is 3. The van der Waals surface area contributed by atoms with E-state index < -0.39 is 18.8 Å². The maximum Gasteiger partial charge on any atom is 0.272 e. The Morgan fingerprint density at radius 1 is 1.17 bits per heavy atom. The van der Waals surface area contributed by atoms with Gasteiger partial charge in [0.15, 0.2) is 17.3 Å². The number of nitrogens with two attached hydrogens (primary N) is 1. The van der Waals surface area contributed by atoms with Crippen molar-refractivity contribution in [1.82, 2.24) is 14.8 Å². The van der Waals surface area contributed by atoms with Crippen LogP contribution in [0.2, 0.25) is 0 Å². The van der Waals surface area contributed by atoms with Crippen molar-refractivity contribution in [3.8, 4) is 23.1 Å². The number of fused-ring (bicyclic) bond motifs is 1. The fourth-order valence-corrected chi connectivity index (χ4v) is 5.07. The second-order valence-electron chi connectivity index (χ2n) is 10.3. The lowest BCUT2D eigenvalue weighted by Gasteiger charge is -2.27. The largest absolute Gasteiger partial charge is 0.487 e. The highest BCUT2D eigenvalue weighted by Crippen LogP contribution is 2.36. The minimum absolute atomic E-state index is 0.0475. The molecule has 6 rings (SSSR count). The van der Waals surface area contributed by atoms with Gasteiger partial charge in [0.1, 0.15) is 18.2 Å². The Hall–Kier alpha value is -4.64. The molecule has 0 bridgehead atoms. The zero-order valence-corrected chi connectivity index (χ0v) is 22.6. The third kappa shape index (κ3) is 5.47. The molecule has 0 unspecified atom stereocenters. The van der Waals surface area contributed by atoms with Gasteiger partial charge in [0.25, 0.3) is 6.43 Å². The van der Waals surface area contributed by atoms with Gasteiger partial charge >= 0.3 is 0 Å². The Kier molecular flexibility index (Phi) is 7.42. The lowest BCUT2D eigenvalue weighted by atomic mass is 9.94. The van der Waals surface area contributed by atoms with Crippen LogP contribution < -0.4 is 15.2 Å². The molecule has 11 heteroatoms. The summed E-state index contributed by atoms with van der Waals surface area (Å²) in [5.74, 6) is 0.273. The van der Waals surface area contributed by atoms with Crippen molar-refractivity contribution < 1.29 is 32.2 Å².